The molecule has 0 fully saturated rings. The highest BCUT2D eigenvalue weighted by Crippen LogP contribution is 2.10. The number of carbonyl (C=O) groups excluding carboxylic acids is 1. The second-order valence-corrected chi connectivity index (χ2v) is 7.48. The van der Waals surface area contributed by atoms with Crippen LogP contribution in [-0.2, 0) is 27.5 Å². The van der Waals surface area contributed by atoms with Crippen LogP contribution in [0.15, 0.2) is 47.4 Å². The molecule has 2 rings (SSSR count). The van der Waals surface area contributed by atoms with Crippen LogP contribution in [0.25, 0.3) is 0 Å². The Balaban J connectivity index is 1.83. The van der Waals surface area contributed by atoms with Crippen molar-refractivity contribution in [3.63, 3.8) is 0 Å². The normalized spacial score (nSPS) is 11.2. The summed E-state index contributed by atoms with van der Waals surface area (Å²) in [5.74, 6) is -0.0928. The molecule has 5 nitrogen and oxygen atoms in total. The van der Waals surface area contributed by atoms with Crippen LogP contribution in [0.2, 0.25) is 0 Å². The van der Waals surface area contributed by atoms with Crippen LogP contribution in [-0.4, -0.2) is 32.1 Å². The molecule has 6 heteroatoms. The molecule has 0 bridgehead atoms. The summed E-state index contributed by atoms with van der Waals surface area (Å²) in [6.45, 7) is 2.46. The number of nitrogens with one attached hydrogen (secondary N) is 1. The van der Waals surface area contributed by atoms with E-state index in [1.807, 2.05) is 25.1 Å². The molecule has 1 aromatic heterocycles. The predicted octanol–water partition coefficient (Wildman–Crippen LogP) is 1.69. The third kappa shape index (κ3) is 5.49. The van der Waals surface area contributed by atoms with Crippen LogP contribution in [0.4, 0.5) is 0 Å². The maximum absolute atomic E-state index is 11.9. The Kier molecular flexibility index (Phi) is 5.50. The lowest BCUT2D eigenvalue weighted by molar-refractivity contribution is -0.120. The van der Waals surface area contributed by atoms with Crippen LogP contribution in [0.5, 0.6) is 0 Å². The summed E-state index contributed by atoms with van der Waals surface area (Å²) in [6, 6.07) is 12.2. The Labute approximate surface area is 136 Å². The smallest absolute Gasteiger partial charge is 0.224 e. The van der Waals surface area contributed by atoms with Crippen LogP contribution in [0.1, 0.15) is 17.0 Å². The molecule has 0 aliphatic heterocycles. The molecule has 23 heavy (non-hydrogen) atoms. The Hall–Kier alpha value is -2.21. The average molecular weight is 332 g/mol. The van der Waals surface area contributed by atoms with Gasteiger partial charge in [0.2, 0.25) is 5.91 Å². The summed E-state index contributed by atoms with van der Waals surface area (Å²) in [5, 5.41) is 2.85. The van der Waals surface area contributed by atoms with Crippen molar-refractivity contribution in [3.05, 3.63) is 59.4 Å². The SMILES string of the molecule is Cc1cccc(CCNC(=O)Cc2ccc(S(C)(=O)=O)cc2)n1. The van der Waals surface area contributed by atoms with Gasteiger partial charge in [-0.15, -0.1) is 0 Å². The number of aromatic nitrogens is 1. The first-order valence-corrected chi connectivity index (χ1v) is 9.22. The quantitative estimate of drug-likeness (QED) is 0.873. The summed E-state index contributed by atoms with van der Waals surface area (Å²) in [5.41, 5.74) is 2.69. The zero-order valence-electron chi connectivity index (χ0n) is 13.2. The fraction of sp³-hybridized carbons (Fsp3) is 0.294. The van der Waals surface area contributed by atoms with Gasteiger partial charge in [-0.3, -0.25) is 9.78 Å². The minimum atomic E-state index is -3.20. The second-order valence-electron chi connectivity index (χ2n) is 5.46. The number of nitrogens with zero attached hydrogens (tertiary/aromatic N) is 1. The van der Waals surface area contributed by atoms with Crippen LogP contribution in [0.3, 0.4) is 0 Å². The standard InChI is InChI=1S/C17H20N2O3S/c1-13-4-3-5-15(19-13)10-11-18-17(20)12-14-6-8-16(9-7-14)23(2,21)22/h3-9H,10-12H2,1-2H3,(H,18,20). The van der Waals surface area contributed by atoms with Gasteiger partial charge in [0.05, 0.1) is 11.3 Å². The van der Waals surface area contributed by atoms with Crippen molar-refractivity contribution in [1.82, 2.24) is 10.3 Å². The van der Waals surface area contributed by atoms with Crippen molar-refractivity contribution in [3.8, 4) is 0 Å². The molecule has 1 amide bonds. The molecular weight excluding hydrogens is 312 g/mol. The van der Waals surface area contributed by atoms with E-state index < -0.39 is 9.84 Å². The molecule has 1 N–H and O–H groups in total. The molecule has 0 atom stereocenters. The summed E-state index contributed by atoms with van der Waals surface area (Å²) in [6.07, 6.45) is 2.07. The van der Waals surface area contributed by atoms with E-state index in [0.29, 0.717) is 13.0 Å². The Bertz CT molecular complexity index is 784. The number of hydrogen-bond acceptors (Lipinski definition) is 4. The van der Waals surface area contributed by atoms with Gasteiger partial charge in [0.25, 0.3) is 0 Å². The first-order valence-electron chi connectivity index (χ1n) is 7.33. The summed E-state index contributed by atoms with van der Waals surface area (Å²) in [7, 11) is -3.20. The van der Waals surface area contributed by atoms with E-state index in [1.54, 1.807) is 12.1 Å². The highest BCUT2D eigenvalue weighted by Gasteiger charge is 2.08. The molecule has 0 saturated carbocycles. The minimum Gasteiger partial charge on any atom is -0.355 e. The summed E-state index contributed by atoms with van der Waals surface area (Å²) >= 11 is 0. The highest BCUT2D eigenvalue weighted by molar-refractivity contribution is 7.90. The van der Waals surface area contributed by atoms with Gasteiger partial charge in [-0.1, -0.05) is 18.2 Å². The molecule has 122 valence electrons. The van der Waals surface area contributed by atoms with E-state index in [9.17, 15) is 13.2 Å². The number of pyridine rings is 1. The van der Waals surface area contributed by atoms with Gasteiger partial charge in [0.15, 0.2) is 9.84 Å². The number of benzene rings is 1. The fourth-order valence-electron chi connectivity index (χ4n) is 2.17. The van der Waals surface area contributed by atoms with Crippen molar-refractivity contribution < 1.29 is 13.2 Å². The van der Waals surface area contributed by atoms with Gasteiger partial charge in [-0.05, 0) is 36.8 Å². The van der Waals surface area contributed by atoms with Crippen molar-refractivity contribution in [1.29, 1.82) is 0 Å². The maximum atomic E-state index is 11.9. The average Bonchev–Trinajstić information content (AvgIpc) is 2.47. The topological polar surface area (TPSA) is 76.1 Å². The molecule has 0 saturated heterocycles. The third-order valence-corrected chi connectivity index (χ3v) is 4.49. The molecule has 0 aliphatic carbocycles. The van der Waals surface area contributed by atoms with Gasteiger partial charge in [-0.25, -0.2) is 8.42 Å². The highest BCUT2D eigenvalue weighted by atomic mass is 32.2. The van der Waals surface area contributed by atoms with Gasteiger partial charge >= 0.3 is 0 Å². The van der Waals surface area contributed by atoms with Crippen molar-refractivity contribution in [2.45, 2.75) is 24.7 Å². The lowest BCUT2D eigenvalue weighted by atomic mass is 10.1. The zero-order chi connectivity index (χ0) is 16.9. The number of rotatable bonds is 6. The number of amides is 1. The van der Waals surface area contributed by atoms with E-state index in [1.165, 1.54) is 12.1 Å². The molecule has 0 unspecified atom stereocenters. The van der Waals surface area contributed by atoms with Gasteiger partial charge < -0.3 is 5.32 Å². The molecule has 0 aliphatic rings. The van der Waals surface area contributed by atoms with Crippen LogP contribution in [0, 0.1) is 6.92 Å². The predicted molar refractivity (Wildman–Crippen MR) is 88.9 cm³/mol. The first kappa shape index (κ1) is 17.1. The minimum absolute atomic E-state index is 0.0928. The molecule has 1 aromatic carbocycles. The number of aryl methyl sites for hydroxylation is 1. The van der Waals surface area contributed by atoms with E-state index in [2.05, 4.69) is 10.3 Å². The van der Waals surface area contributed by atoms with E-state index in [-0.39, 0.29) is 17.2 Å². The lowest BCUT2D eigenvalue weighted by Gasteiger charge is -2.06. The summed E-state index contributed by atoms with van der Waals surface area (Å²) in [4.78, 5) is 16.5. The van der Waals surface area contributed by atoms with Gasteiger partial charge in [-0.2, -0.15) is 0 Å². The lowest BCUT2D eigenvalue weighted by Crippen LogP contribution is -2.27. The second kappa shape index (κ2) is 7.37. The first-order chi connectivity index (χ1) is 10.8. The maximum Gasteiger partial charge on any atom is 0.224 e. The molecule has 1 heterocycles. The van der Waals surface area contributed by atoms with E-state index in [4.69, 9.17) is 0 Å². The Morgan fingerprint density at radius 1 is 1.13 bits per heavy atom. The van der Waals surface area contributed by atoms with Crippen LogP contribution >= 0.6 is 0 Å². The fourth-order valence-corrected chi connectivity index (χ4v) is 2.80. The Morgan fingerprint density at radius 2 is 1.83 bits per heavy atom. The molecule has 2 aromatic rings. The number of sulfone groups is 1. The van der Waals surface area contributed by atoms with E-state index in [0.717, 1.165) is 23.2 Å². The van der Waals surface area contributed by atoms with E-state index >= 15 is 0 Å². The number of hydrogen-bond donors (Lipinski definition) is 1. The van der Waals surface area contributed by atoms with Crippen molar-refractivity contribution in [2.24, 2.45) is 0 Å². The number of carbonyl (C=O) groups is 1. The monoisotopic (exact) mass is 332 g/mol. The zero-order valence-corrected chi connectivity index (χ0v) is 14.1. The largest absolute Gasteiger partial charge is 0.355 e. The summed E-state index contributed by atoms with van der Waals surface area (Å²) < 4.78 is 22.8. The molecule has 0 spiro atoms. The van der Waals surface area contributed by atoms with Gasteiger partial charge in [0, 0.05) is 30.6 Å². The van der Waals surface area contributed by atoms with Crippen LogP contribution < -0.4 is 5.32 Å². The Morgan fingerprint density at radius 3 is 2.43 bits per heavy atom. The van der Waals surface area contributed by atoms with Crippen molar-refractivity contribution >= 4 is 15.7 Å². The van der Waals surface area contributed by atoms with Gasteiger partial charge in [0.1, 0.15) is 0 Å². The third-order valence-electron chi connectivity index (χ3n) is 3.37. The van der Waals surface area contributed by atoms with Crippen molar-refractivity contribution in [2.75, 3.05) is 12.8 Å². The molecular formula is C17H20N2O3S. The molecule has 0 radical (unpaired) electrons.